The zero-order chi connectivity index (χ0) is 15.0. The number of nitrogens with one attached hydrogen (secondary N) is 1. The molecular weight excluding hydrogens is 288 g/mol. The summed E-state index contributed by atoms with van der Waals surface area (Å²) in [6.07, 6.45) is 5.43. The summed E-state index contributed by atoms with van der Waals surface area (Å²) in [4.78, 5) is 18.8. The third-order valence-corrected chi connectivity index (χ3v) is 4.19. The highest BCUT2D eigenvalue weighted by Crippen LogP contribution is 2.47. The van der Waals surface area contributed by atoms with Gasteiger partial charge in [0.05, 0.1) is 17.2 Å². The molecule has 0 aromatic carbocycles. The summed E-state index contributed by atoms with van der Waals surface area (Å²) in [5.74, 6) is 0.644. The standard InChI is InChI=1S/C13H18N6OS/c1-18(2)8-13(4-5-13)11(20)16-12-15-10(17-21-12)9-6-14-19(3)7-9/h6-7H,4-5,8H2,1-3H3,(H,15,16,17,20). The van der Waals surface area contributed by atoms with E-state index >= 15 is 0 Å². The third kappa shape index (κ3) is 2.96. The van der Waals surface area contributed by atoms with Crippen LogP contribution in [0.3, 0.4) is 0 Å². The Balaban J connectivity index is 1.69. The predicted octanol–water partition coefficient (Wildman–Crippen LogP) is 1.22. The molecule has 1 fully saturated rings. The highest BCUT2D eigenvalue weighted by atomic mass is 32.1. The topological polar surface area (TPSA) is 75.9 Å². The van der Waals surface area contributed by atoms with Crippen LogP contribution in [0.5, 0.6) is 0 Å². The molecule has 2 heterocycles. The molecule has 1 aliphatic rings. The van der Waals surface area contributed by atoms with Gasteiger partial charge in [-0.2, -0.15) is 14.5 Å². The van der Waals surface area contributed by atoms with E-state index in [1.54, 1.807) is 10.9 Å². The SMILES string of the molecule is CN(C)CC1(C(=O)Nc2nc(-c3cnn(C)c3)ns2)CC1. The van der Waals surface area contributed by atoms with Gasteiger partial charge in [0.1, 0.15) is 0 Å². The van der Waals surface area contributed by atoms with Gasteiger partial charge in [-0.15, -0.1) is 0 Å². The molecule has 0 saturated heterocycles. The average Bonchev–Trinajstić information content (AvgIpc) is 2.84. The minimum Gasteiger partial charge on any atom is -0.308 e. The Hall–Kier alpha value is -1.80. The van der Waals surface area contributed by atoms with Crippen LogP contribution in [0.2, 0.25) is 0 Å². The van der Waals surface area contributed by atoms with Crippen molar-refractivity contribution < 1.29 is 4.79 Å². The highest BCUT2D eigenvalue weighted by Gasteiger charge is 2.50. The third-order valence-electron chi connectivity index (χ3n) is 3.56. The lowest BCUT2D eigenvalue weighted by Gasteiger charge is -2.18. The Bertz CT molecular complexity index is 657. The summed E-state index contributed by atoms with van der Waals surface area (Å²) in [5.41, 5.74) is 0.604. The molecule has 112 valence electrons. The highest BCUT2D eigenvalue weighted by molar-refractivity contribution is 7.10. The van der Waals surface area contributed by atoms with Crippen LogP contribution >= 0.6 is 11.5 Å². The van der Waals surface area contributed by atoms with Crippen LogP contribution in [0.1, 0.15) is 12.8 Å². The number of rotatable bonds is 5. The number of nitrogens with zero attached hydrogens (tertiary/aromatic N) is 5. The Morgan fingerprint density at radius 2 is 2.29 bits per heavy atom. The smallest absolute Gasteiger partial charge is 0.233 e. The molecule has 2 aromatic heterocycles. The van der Waals surface area contributed by atoms with Gasteiger partial charge in [-0.3, -0.25) is 9.48 Å². The molecule has 8 heteroatoms. The fourth-order valence-corrected chi connectivity index (χ4v) is 2.96. The van der Waals surface area contributed by atoms with Crippen LogP contribution in [0.4, 0.5) is 5.13 Å². The molecule has 3 rings (SSSR count). The van der Waals surface area contributed by atoms with Crippen molar-refractivity contribution in [2.24, 2.45) is 12.5 Å². The maximum absolute atomic E-state index is 12.4. The van der Waals surface area contributed by atoms with Crippen LogP contribution in [-0.4, -0.2) is 50.6 Å². The van der Waals surface area contributed by atoms with Gasteiger partial charge in [0, 0.05) is 31.3 Å². The Kier molecular flexibility index (Phi) is 3.50. The zero-order valence-corrected chi connectivity index (χ0v) is 13.1. The Morgan fingerprint density at radius 3 is 2.86 bits per heavy atom. The van der Waals surface area contributed by atoms with Crippen LogP contribution in [0, 0.1) is 5.41 Å². The van der Waals surface area contributed by atoms with Gasteiger partial charge in [-0.05, 0) is 26.9 Å². The van der Waals surface area contributed by atoms with Crippen LogP contribution in [0.25, 0.3) is 11.4 Å². The number of amides is 1. The van der Waals surface area contributed by atoms with Gasteiger partial charge in [0.25, 0.3) is 0 Å². The van der Waals surface area contributed by atoms with E-state index in [0.717, 1.165) is 24.9 Å². The summed E-state index contributed by atoms with van der Waals surface area (Å²) >= 11 is 1.20. The maximum Gasteiger partial charge on any atom is 0.233 e. The van der Waals surface area contributed by atoms with E-state index in [1.165, 1.54) is 11.5 Å². The number of aromatic nitrogens is 4. The monoisotopic (exact) mass is 306 g/mol. The van der Waals surface area contributed by atoms with Gasteiger partial charge >= 0.3 is 0 Å². The summed E-state index contributed by atoms with van der Waals surface area (Å²) in [6, 6.07) is 0. The summed E-state index contributed by atoms with van der Waals surface area (Å²) in [6.45, 7) is 0.771. The van der Waals surface area contributed by atoms with Crippen molar-refractivity contribution in [3.8, 4) is 11.4 Å². The summed E-state index contributed by atoms with van der Waals surface area (Å²) in [5, 5.41) is 7.54. The molecule has 1 saturated carbocycles. The van der Waals surface area contributed by atoms with Crippen molar-refractivity contribution in [1.29, 1.82) is 0 Å². The predicted molar refractivity (Wildman–Crippen MR) is 81.0 cm³/mol. The molecule has 1 amide bonds. The zero-order valence-electron chi connectivity index (χ0n) is 12.3. The summed E-state index contributed by atoms with van der Waals surface area (Å²) in [7, 11) is 5.81. The van der Waals surface area contributed by atoms with Crippen molar-refractivity contribution in [2.75, 3.05) is 26.0 Å². The van der Waals surface area contributed by atoms with E-state index in [-0.39, 0.29) is 11.3 Å². The quantitative estimate of drug-likeness (QED) is 0.899. The minimum atomic E-state index is -0.246. The molecule has 1 aliphatic carbocycles. The molecule has 0 aliphatic heterocycles. The molecule has 1 N–H and O–H groups in total. The second-order valence-corrected chi connectivity index (χ2v) is 6.55. The second kappa shape index (κ2) is 5.19. The van der Waals surface area contributed by atoms with Crippen LogP contribution in [-0.2, 0) is 11.8 Å². The van der Waals surface area contributed by atoms with E-state index in [4.69, 9.17) is 0 Å². The number of hydrogen-bond acceptors (Lipinski definition) is 6. The number of carbonyl (C=O) groups is 1. The molecule has 0 spiro atoms. The molecule has 7 nitrogen and oxygen atoms in total. The van der Waals surface area contributed by atoms with Crippen LogP contribution < -0.4 is 5.32 Å². The molecule has 0 unspecified atom stereocenters. The van der Waals surface area contributed by atoms with Gasteiger partial charge in [-0.1, -0.05) is 0 Å². The fourth-order valence-electron chi connectivity index (χ4n) is 2.37. The largest absolute Gasteiger partial charge is 0.308 e. The molecule has 2 aromatic rings. The van der Waals surface area contributed by atoms with Crippen LogP contribution in [0.15, 0.2) is 12.4 Å². The molecule has 0 radical (unpaired) electrons. The minimum absolute atomic E-state index is 0.0464. The van der Waals surface area contributed by atoms with E-state index < -0.39 is 0 Å². The first-order valence-corrected chi connectivity index (χ1v) is 7.55. The number of anilines is 1. The Labute approximate surface area is 127 Å². The molecular formula is C13H18N6OS. The first-order chi connectivity index (χ1) is 9.98. The molecule has 0 bridgehead atoms. The normalized spacial score (nSPS) is 16.2. The van der Waals surface area contributed by atoms with Crippen molar-refractivity contribution in [3.05, 3.63) is 12.4 Å². The van der Waals surface area contributed by atoms with E-state index in [2.05, 4.69) is 19.8 Å². The Morgan fingerprint density at radius 1 is 1.52 bits per heavy atom. The van der Waals surface area contributed by atoms with Crippen molar-refractivity contribution in [1.82, 2.24) is 24.0 Å². The van der Waals surface area contributed by atoms with Gasteiger partial charge < -0.3 is 10.2 Å². The van der Waals surface area contributed by atoms with E-state index in [0.29, 0.717) is 11.0 Å². The lowest BCUT2D eigenvalue weighted by Crippen LogP contribution is -2.33. The first-order valence-electron chi connectivity index (χ1n) is 6.77. The second-order valence-electron chi connectivity index (χ2n) is 5.80. The lowest BCUT2D eigenvalue weighted by molar-refractivity contribution is -0.121. The summed E-state index contributed by atoms with van der Waals surface area (Å²) < 4.78 is 5.97. The average molecular weight is 306 g/mol. The van der Waals surface area contributed by atoms with Crippen molar-refractivity contribution in [3.63, 3.8) is 0 Å². The fraction of sp³-hybridized carbons (Fsp3) is 0.538. The first kappa shape index (κ1) is 14.2. The van der Waals surface area contributed by atoms with Gasteiger partial charge in [0.15, 0.2) is 5.82 Å². The molecule has 21 heavy (non-hydrogen) atoms. The van der Waals surface area contributed by atoms with Crippen molar-refractivity contribution >= 4 is 22.6 Å². The van der Waals surface area contributed by atoms with E-state index in [9.17, 15) is 4.79 Å². The number of hydrogen-bond donors (Lipinski definition) is 1. The number of aryl methyl sites for hydroxylation is 1. The maximum atomic E-state index is 12.4. The lowest BCUT2D eigenvalue weighted by atomic mass is 10.1. The van der Waals surface area contributed by atoms with Gasteiger partial charge in [-0.25, -0.2) is 0 Å². The van der Waals surface area contributed by atoms with Gasteiger partial charge in [0.2, 0.25) is 11.0 Å². The number of carbonyl (C=O) groups excluding carboxylic acids is 1. The molecule has 0 atom stereocenters. The van der Waals surface area contributed by atoms with Crippen molar-refractivity contribution in [2.45, 2.75) is 12.8 Å². The van der Waals surface area contributed by atoms with E-state index in [1.807, 2.05) is 32.2 Å².